The summed E-state index contributed by atoms with van der Waals surface area (Å²) in [6.07, 6.45) is 9.76. The van der Waals surface area contributed by atoms with E-state index in [0.717, 1.165) is 6.42 Å². The Hall–Kier alpha value is -0.870. The lowest BCUT2D eigenvalue weighted by molar-refractivity contribution is 0.0594. The Kier molecular flexibility index (Phi) is 5.44. The molecule has 1 saturated carbocycles. The second-order valence-electron chi connectivity index (χ2n) is 6.98. The topological polar surface area (TPSA) is 33.1 Å². The minimum absolute atomic E-state index is 0.272. The van der Waals surface area contributed by atoms with Gasteiger partial charge in [-0.25, -0.2) is 0 Å². The van der Waals surface area contributed by atoms with Gasteiger partial charge in [0.05, 0.1) is 5.69 Å². The van der Waals surface area contributed by atoms with E-state index in [0.29, 0.717) is 12.1 Å². The third kappa shape index (κ3) is 3.49. The number of nitrogens with zero attached hydrogens (tertiary/aromatic N) is 3. The second-order valence-corrected chi connectivity index (χ2v) is 6.98. The van der Waals surface area contributed by atoms with E-state index in [9.17, 15) is 0 Å². The van der Waals surface area contributed by atoms with Crippen molar-refractivity contribution < 1.29 is 0 Å². The molecule has 0 saturated heterocycles. The van der Waals surface area contributed by atoms with Gasteiger partial charge in [-0.05, 0) is 53.9 Å². The summed E-state index contributed by atoms with van der Waals surface area (Å²) in [5.74, 6) is 0. The second kappa shape index (κ2) is 6.93. The SMILES string of the molecule is CNC(Cc1ccn(C(C)C)n1)C1(N(C)C)CCCCC1. The van der Waals surface area contributed by atoms with Crippen LogP contribution in [0, 0.1) is 0 Å². The molecule has 0 spiro atoms. The molecule has 0 bridgehead atoms. The number of hydrogen-bond acceptors (Lipinski definition) is 3. The van der Waals surface area contributed by atoms with E-state index in [1.807, 2.05) is 0 Å². The Balaban J connectivity index is 2.16. The molecule has 1 aliphatic rings. The predicted octanol–water partition coefficient (Wildman–Crippen LogP) is 2.86. The maximum absolute atomic E-state index is 4.74. The Bertz CT molecular complexity index is 430. The smallest absolute Gasteiger partial charge is 0.0640 e. The summed E-state index contributed by atoms with van der Waals surface area (Å²) in [5, 5.41) is 8.33. The van der Waals surface area contributed by atoms with Crippen LogP contribution >= 0.6 is 0 Å². The van der Waals surface area contributed by atoms with Crippen LogP contribution in [0.1, 0.15) is 57.7 Å². The summed E-state index contributed by atoms with van der Waals surface area (Å²) in [4.78, 5) is 2.45. The first-order valence-electron chi connectivity index (χ1n) is 8.38. The van der Waals surface area contributed by atoms with Crippen molar-refractivity contribution >= 4 is 0 Å². The van der Waals surface area contributed by atoms with Crippen LogP contribution in [0.5, 0.6) is 0 Å². The first kappa shape index (κ1) is 16.5. The van der Waals surface area contributed by atoms with Gasteiger partial charge in [0.2, 0.25) is 0 Å². The fourth-order valence-corrected chi connectivity index (χ4v) is 3.82. The molecule has 0 amide bonds. The van der Waals surface area contributed by atoms with Crippen LogP contribution in [0.3, 0.4) is 0 Å². The largest absolute Gasteiger partial charge is 0.315 e. The van der Waals surface area contributed by atoms with E-state index >= 15 is 0 Å². The molecule has 0 radical (unpaired) electrons. The molecule has 2 rings (SSSR count). The highest BCUT2D eigenvalue weighted by molar-refractivity contribution is 5.09. The fraction of sp³-hybridized carbons (Fsp3) is 0.824. The van der Waals surface area contributed by atoms with Crippen LogP contribution in [-0.4, -0.2) is 47.4 Å². The van der Waals surface area contributed by atoms with Gasteiger partial charge >= 0.3 is 0 Å². The van der Waals surface area contributed by atoms with Gasteiger partial charge in [-0.2, -0.15) is 5.10 Å². The molecule has 120 valence electrons. The monoisotopic (exact) mass is 292 g/mol. The zero-order valence-electron chi connectivity index (χ0n) is 14.4. The highest BCUT2D eigenvalue weighted by Gasteiger charge is 2.41. The van der Waals surface area contributed by atoms with E-state index in [1.54, 1.807) is 0 Å². The average molecular weight is 292 g/mol. The minimum atomic E-state index is 0.272. The third-order valence-electron chi connectivity index (χ3n) is 5.21. The highest BCUT2D eigenvalue weighted by Crippen LogP contribution is 2.36. The van der Waals surface area contributed by atoms with Crippen LogP contribution in [0.15, 0.2) is 12.3 Å². The summed E-state index contributed by atoms with van der Waals surface area (Å²) < 4.78 is 2.06. The molecule has 0 aliphatic heterocycles. The first-order chi connectivity index (χ1) is 9.99. The normalized spacial score (nSPS) is 20.1. The van der Waals surface area contributed by atoms with Crippen LogP contribution in [0.4, 0.5) is 0 Å². The summed E-state index contributed by atoms with van der Waals surface area (Å²) in [6.45, 7) is 4.35. The molecular formula is C17H32N4. The van der Waals surface area contributed by atoms with Crippen molar-refractivity contribution in [3.8, 4) is 0 Å². The summed E-state index contributed by atoms with van der Waals surface area (Å²) in [6, 6.07) is 3.07. The van der Waals surface area contributed by atoms with Crippen molar-refractivity contribution in [2.75, 3.05) is 21.1 Å². The van der Waals surface area contributed by atoms with Gasteiger partial charge in [-0.3, -0.25) is 4.68 Å². The van der Waals surface area contributed by atoms with E-state index in [1.165, 1.54) is 37.8 Å². The molecule has 4 nitrogen and oxygen atoms in total. The van der Waals surface area contributed by atoms with Crippen LogP contribution in [0.2, 0.25) is 0 Å². The highest BCUT2D eigenvalue weighted by atomic mass is 15.3. The Morgan fingerprint density at radius 3 is 2.43 bits per heavy atom. The van der Waals surface area contributed by atoms with Crippen molar-refractivity contribution in [2.45, 2.75) is 70.0 Å². The third-order valence-corrected chi connectivity index (χ3v) is 5.21. The van der Waals surface area contributed by atoms with Crippen molar-refractivity contribution in [1.29, 1.82) is 0 Å². The molecule has 1 N–H and O–H groups in total. The molecule has 1 aliphatic carbocycles. The average Bonchev–Trinajstić information content (AvgIpc) is 2.94. The first-order valence-corrected chi connectivity index (χ1v) is 8.38. The van der Waals surface area contributed by atoms with Crippen molar-refractivity contribution in [3.63, 3.8) is 0 Å². The predicted molar refractivity (Wildman–Crippen MR) is 88.7 cm³/mol. The Morgan fingerprint density at radius 2 is 1.95 bits per heavy atom. The van der Waals surface area contributed by atoms with Gasteiger partial charge in [-0.1, -0.05) is 19.3 Å². The summed E-state index contributed by atoms with van der Waals surface area (Å²) in [7, 11) is 6.58. The molecule has 1 aromatic heterocycles. The number of nitrogens with one attached hydrogen (secondary N) is 1. The molecule has 1 atom stereocenters. The molecule has 1 heterocycles. The molecule has 4 heteroatoms. The van der Waals surface area contributed by atoms with Gasteiger partial charge in [0.15, 0.2) is 0 Å². The zero-order chi connectivity index (χ0) is 15.5. The van der Waals surface area contributed by atoms with Crippen molar-refractivity contribution in [1.82, 2.24) is 20.0 Å². The van der Waals surface area contributed by atoms with Crippen molar-refractivity contribution in [2.24, 2.45) is 0 Å². The van der Waals surface area contributed by atoms with E-state index in [2.05, 4.69) is 62.2 Å². The van der Waals surface area contributed by atoms with Gasteiger partial charge in [0, 0.05) is 30.2 Å². The minimum Gasteiger partial charge on any atom is -0.315 e. The lowest BCUT2D eigenvalue weighted by atomic mass is 9.74. The number of rotatable bonds is 6. The molecule has 0 aromatic carbocycles. The molecule has 1 fully saturated rings. The van der Waals surface area contributed by atoms with Gasteiger partial charge in [0.1, 0.15) is 0 Å². The zero-order valence-corrected chi connectivity index (χ0v) is 14.4. The van der Waals surface area contributed by atoms with Crippen molar-refractivity contribution in [3.05, 3.63) is 18.0 Å². The molecule has 1 unspecified atom stereocenters. The Labute approximate surface area is 129 Å². The van der Waals surface area contributed by atoms with E-state index < -0.39 is 0 Å². The molecule has 21 heavy (non-hydrogen) atoms. The quantitative estimate of drug-likeness (QED) is 0.875. The maximum atomic E-state index is 4.74. The lowest BCUT2D eigenvalue weighted by Gasteiger charge is -2.48. The summed E-state index contributed by atoms with van der Waals surface area (Å²) >= 11 is 0. The summed E-state index contributed by atoms with van der Waals surface area (Å²) in [5.41, 5.74) is 1.48. The van der Waals surface area contributed by atoms with Gasteiger partial charge in [0.25, 0.3) is 0 Å². The number of hydrogen-bond donors (Lipinski definition) is 1. The maximum Gasteiger partial charge on any atom is 0.0640 e. The number of aromatic nitrogens is 2. The van der Waals surface area contributed by atoms with Crippen LogP contribution in [0.25, 0.3) is 0 Å². The van der Waals surface area contributed by atoms with Crippen LogP contribution in [-0.2, 0) is 6.42 Å². The Morgan fingerprint density at radius 1 is 1.29 bits per heavy atom. The fourth-order valence-electron chi connectivity index (χ4n) is 3.82. The molecular weight excluding hydrogens is 260 g/mol. The van der Waals surface area contributed by atoms with E-state index in [4.69, 9.17) is 5.10 Å². The van der Waals surface area contributed by atoms with Crippen LogP contribution < -0.4 is 5.32 Å². The number of likely N-dealkylation sites (N-methyl/N-ethyl adjacent to an activating group) is 2. The van der Waals surface area contributed by atoms with Gasteiger partial charge < -0.3 is 10.2 Å². The molecule has 1 aromatic rings. The standard InChI is InChI=1S/C17H32N4/c1-14(2)21-12-9-15(19-21)13-16(18-3)17(20(4)5)10-7-6-8-11-17/h9,12,14,16,18H,6-8,10-11,13H2,1-5H3. The van der Waals surface area contributed by atoms with E-state index in [-0.39, 0.29) is 5.54 Å². The van der Waals surface area contributed by atoms with Gasteiger partial charge in [-0.15, -0.1) is 0 Å². The lowest BCUT2D eigenvalue weighted by Crippen LogP contribution is -2.60.